The molecule has 5 nitrogen and oxygen atoms in total. The molecular weight excluding hydrogens is 240 g/mol. The second-order valence-electron chi connectivity index (χ2n) is 3.33. The smallest absolute Gasteiger partial charge is 0.221 e. The monoisotopic (exact) mass is 252 g/mol. The quantitative estimate of drug-likeness (QED) is 0.500. The molecular formula is C11H13ClN4O. The summed E-state index contributed by atoms with van der Waals surface area (Å²) in [4.78, 5) is 17.5. The Hall–Kier alpha value is -1.72. The van der Waals surface area contributed by atoms with Gasteiger partial charge in [0.15, 0.2) is 5.65 Å². The van der Waals surface area contributed by atoms with E-state index in [1.54, 1.807) is 31.4 Å². The Labute approximate surface area is 104 Å². The van der Waals surface area contributed by atoms with E-state index in [2.05, 4.69) is 15.4 Å². The molecule has 0 aliphatic carbocycles. The minimum absolute atomic E-state index is 0.483. The number of nitrogens with one attached hydrogen (secondary N) is 1. The summed E-state index contributed by atoms with van der Waals surface area (Å²) in [7, 11) is 3.49. The maximum Gasteiger partial charge on any atom is 0.221 e. The van der Waals surface area contributed by atoms with Crippen LogP contribution in [0.15, 0.2) is 30.5 Å². The van der Waals surface area contributed by atoms with Crippen LogP contribution in [0, 0.1) is 0 Å². The van der Waals surface area contributed by atoms with Gasteiger partial charge < -0.3 is 0 Å². The summed E-state index contributed by atoms with van der Waals surface area (Å²) in [6.45, 7) is 0. The summed E-state index contributed by atoms with van der Waals surface area (Å²) in [6, 6.07) is 7.48. The first-order valence-electron chi connectivity index (χ1n) is 4.88. The summed E-state index contributed by atoms with van der Waals surface area (Å²) < 4.78 is 0. The van der Waals surface area contributed by atoms with Crippen LogP contribution in [-0.4, -0.2) is 35.5 Å². The van der Waals surface area contributed by atoms with Gasteiger partial charge in [-0.2, -0.15) is 0 Å². The lowest BCUT2D eigenvalue weighted by atomic mass is 10.3. The molecule has 0 aliphatic heterocycles. The molecule has 0 bridgehead atoms. The van der Waals surface area contributed by atoms with E-state index in [9.17, 15) is 4.79 Å². The van der Waals surface area contributed by atoms with Gasteiger partial charge in [-0.25, -0.2) is 15.0 Å². The van der Waals surface area contributed by atoms with Gasteiger partial charge in [0.1, 0.15) is 5.15 Å². The Balaban J connectivity index is 0.000000209. The van der Waals surface area contributed by atoms with E-state index in [1.807, 2.05) is 18.2 Å². The standard InChI is InChI=1S/C8H5ClN2.C3H8N2O/c9-7-4-3-6-2-1-5-10-8(6)11-7;1-5(2)4-3-6/h1-5H;3H,1-2H3,(H,4,6). The first-order chi connectivity index (χ1) is 8.13. The fraction of sp³-hybridized carbons (Fsp3) is 0.182. The Kier molecular flexibility index (Phi) is 5.32. The molecule has 0 saturated heterocycles. The van der Waals surface area contributed by atoms with Gasteiger partial charge in [-0.15, -0.1) is 0 Å². The lowest BCUT2D eigenvalue weighted by molar-refractivity contribution is -0.112. The molecule has 1 amide bonds. The van der Waals surface area contributed by atoms with Crippen molar-refractivity contribution in [3.05, 3.63) is 35.6 Å². The van der Waals surface area contributed by atoms with Crippen molar-refractivity contribution in [3.8, 4) is 0 Å². The second kappa shape index (κ2) is 6.78. The number of carbonyl (C=O) groups excluding carboxylic acids is 1. The van der Waals surface area contributed by atoms with Gasteiger partial charge in [-0.1, -0.05) is 11.6 Å². The van der Waals surface area contributed by atoms with Crippen molar-refractivity contribution in [1.29, 1.82) is 0 Å². The molecule has 0 radical (unpaired) electrons. The van der Waals surface area contributed by atoms with Crippen molar-refractivity contribution < 1.29 is 4.79 Å². The summed E-state index contributed by atoms with van der Waals surface area (Å²) in [5.74, 6) is 0. The molecule has 2 aromatic heterocycles. The zero-order valence-electron chi connectivity index (χ0n) is 9.59. The Morgan fingerprint density at radius 1 is 1.35 bits per heavy atom. The average molecular weight is 253 g/mol. The van der Waals surface area contributed by atoms with E-state index in [0.29, 0.717) is 17.2 Å². The number of nitrogens with zero attached hydrogens (tertiary/aromatic N) is 3. The van der Waals surface area contributed by atoms with E-state index in [4.69, 9.17) is 11.6 Å². The van der Waals surface area contributed by atoms with Crippen molar-refractivity contribution in [2.24, 2.45) is 0 Å². The molecule has 2 heterocycles. The van der Waals surface area contributed by atoms with Crippen molar-refractivity contribution in [2.45, 2.75) is 0 Å². The molecule has 0 unspecified atom stereocenters. The predicted molar refractivity (Wildman–Crippen MR) is 67.4 cm³/mol. The SMILES string of the molecule is CN(C)NC=O.Clc1ccc2cccnc2n1. The molecule has 1 N–H and O–H groups in total. The zero-order valence-corrected chi connectivity index (χ0v) is 10.3. The number of hydrazine groups is 1. The number of fused-ring (bicyclic) bond motifs is 1. The fourth-order valence-electron chi connectivity index (χ4n) is 1.04. The number of carbonyl (C=O) groups is 1. The molecule has 2 aromatic rings. The van der Waals surface area contributed by atoms with Crippen molar-refractivity contribution >= 4 is 29.0 Å². The minimum atomic E-state index is 0.483. The lowest BCUT2D eigenvalue weighted by Gasteiger charge is -2.03. The van der Waals surface area contributed by atoms with Crippen LogP contribution in [0.1, 0.15) is 0 Å². The van der Waals surface area contributed by atoms with Crippen LogP contribution in [0.3, 0.4) is 0 Å². The Morgan fingerprint density at radius 3 is 2.71 bits per heavy atom. The molecule has 6 heteroatoms. The summed E-state index contributed by atoms with van der Waals surface area (Å²) in [5, 5.41) is 3.06. The molecule has 0 aliphatic rings. The van der Waals surface area contributed by atoms with Crippen molar-refractivity contribution in [2.75, 3.05) is 14.1 Å². The highest BCUT2D eigenvalue weighted by molar-refractivity contribution is 6.29. The van der Waals surface area contributed by atoms with Crippen LogP contribution in [0.4, 0.5) is 0 Å². The third-order valence-corrected chi connectivity index (χ3v) is 1.95. The lowest BCUT2D eigenvalue weighted by Crippen LogP contribution is -2.28. The molecule has 0 aromatic carbocycles. The van der Waals surface area contributed by atoms with Gasteiger partial charge in [0, 0.05) is 25.7 Å². The van der Waals surface area contributed by atoms with Gasteiger partial charge in [0.2, 0.25) is 6.41 Å². The van der Waals surface area contributed by atoms with Crippen molar-refractivity contribution in [1.82, 2.24) is 20.4 Å². The number of aromatic nitrogens is 2. The Bertz CT molecular complexity index is 490. The van der Waals surface area contributed by atoms with E-state index in [-0.39, 0.29) is 0 Å². The second-order valence-corrected chi connectivity index (χ2v) is 3.71. The van der Waals surface area contributed by atoms with E-state index in [1.165, 1.54) is 0 Å². The fourth-order valence-corrected chi connectivity index (χ4v) is 1.18. The first-order valence-corrected chi connectivity index (χ1v) is 5.25. The van der Waals surface area contributed by atoms with Crippen LogP contribution in [0.2, 0.25) is 5.15 Å². The van der Waals surface area contributed by atoms with Crippen LogP contribution in [0.5, 0.6) is 0 Å². The number of hydrogen-bond donors (Lipinski definition) is 1. The molecule has 0 saturated carbocycles. The summed E-state index contributed by atoms with van der Waals surface area (Å²) in [5.41, 5.74) is 3.06. The van der Waals surface area contributed by atoms with Gasteiger partial charge in [-0.3, -0.25) is 10.2 Å². The van der Waals surface area contributed by atoms with Gasteiger partial charge >= 0.3 is 0 Å². The zero-order chi connectivity index (χ0) is 12.7. The number of pyridine rings is 2. The highest BCUT2D eigenvalue weighted by Crippen LogP contribution is 2.11. The van der Waals surface area contributed by atoms with Gasteiger partial charge in [0.25, 0.3) is 0 Å². The predicted octanol–water partition coefficient (Wildman–Crippen LogP) is 1.49. The Morgan fingerprint density at radius 2 is 2.12 bits per heavy atom. The summed E-state index contributed by atoms with van der Waals surface area (Å²) >= 11 is 5.67. The highest BCUT2D eigenvalue weighted by Gasteiger charge is 1.93. The minimum Gasteiger partial charge on any atom is -0.292 e. The van der Waals surface area contributed by atoms with Crippen LogP contribution in [-0.2, 0) is 4.79 Å². The van der Waals surface area contributed by atoms with E-state index >= 15 is 0 Å². The topological polar surface area (TPSA) is 58.1 Å². The van der Waals surface area contributed by atoms with E-state index in [0.717, 1.165) is 5.39 Å². The first kappa shape index (κ1) is 13.3. The third-order valence-electron chi connectivity index (χ3n) is 1.74. The molecule has 0 atom stereocenters. The third kappa shape index (κ3) is 4.76. The maximum atomic E-state index is 9.46. The molecule has 2 rings (SSSR count). The number of halogens is 1. The summed E-state index contributed by atoms with van der Waals surface area (Å²) in [6.07, 6.45) is 2.33. The molecule has 0 fully saturated rings. The van der Waals surface area contributed by atoms with E-state index < -0.39 is 0 Å². The number of hydrogen-bond acceptors (Lipinski definition) is 4. The van der Waals surface area contributed by atoms with Crippen LogP contribution in [0.25, 0.3) is 11.0 Å². The molecule has 0 spiro atoms. The van der Waals surface area contributed by atoms with Crippen molar-refractivity contribution in [3.63, 3.8) is 0 Å². The van der Waals surface area contributed by atoms with Gasteiger partial charge in [0.05, 0.1) is 0 Å². The largest absolute Gasteiger partial charge is 0.292 e. The number of rotatable bonds is 2. The molecule has 90 valence electrons. The normalized spacial score (nSPS) is 9.65. The highest BCUT2D eigenvalue weighted by atomic mass is 35.5. The maximum absolute atomic E-state index is 9.46. The van der Waals surface area contributed by atoms with Crippen LogP contribution >= 0.6 is 11.6 Å². The number of amides is 1. The average Bonchev–Trinajstić information content (AvgIpc) is 2.29. The molecule has 17 heavy (non-hydrogen) atoms. The van der Waals surface area contributed by atoms with Crippen LogP contribution < -0.4 is 5.43 Å². The van der Waals surface area contributed by atoms with Gasteiger partial charge in [-0.05, 0) is 24.3 Å².